The summed E-state index contributed by atoms with van der Waals surface area (Å²) in [6, 6.07) is 0. The predicted molar refractivity (Wildman–Crippen MR) is 98.7 cm³/mol. The van der Waals surface area contributed by atoms with Crippen molar-refractivity contribution in [3.63, 3.8) is 0 Å². The quantitative estimate of drug-likeness (QED) is 0.376. The van der Waals surface area contributed by atoms with Crippen LogP contribution in [0.1, 0.15) is 110 Å². The normalized spacial score (nSPS) is 10.3. The fourth-order valence-electron chi connectivity index (χ4n) is 2.38. The number of nitrogens with two attached hydrogens (primary N) is 2. The van der Waals surface area contributed by atoms with Crippen molar-refractivity contribution in [3.05, 3.63) is 0 Å². The lowest BCUT2D eigenvalue weighted by Gasteiger charge is -1.99. The van der Waals surface area contributed by atoms with Gasteiger partial charge in [-0.25, -0.2) is 0 Å². The summed E-state index contributed by atoms with van der Waals surface area (Å²) >= 11 is 0. The fourth-order valence-corrected chi connectivity index (χ4v) is 2.38. The smallest absolute Gasteiger partial charge is 0.00773 e. The van der Waals surface area contributed by atoms with Gasteiger partial charge in [0.05, 0.1) is 0 Å². The first-order valence-electron chi connectivity index (χ1n) is 9.73. The van der Waals surface area contributed by atoms with Crippen molar-refractivity contribution in [2.45, 2.75) is 110 Å². The summed E-state index contributed by atoms with van der Waals surface area (Å²) in [7, 11) is 0. The SMILES string of the molecule is CCCCCCCCCCN.CCCCCCCCCN. The number of hydrogen-bond donors (Lipinski definition) is 2. The maximum atomic E-state index is 5.39. The van der Waals surface area contributed by atoms with Crippen LogP contribution in [0.5, 0.6) is 0 Å². The molecule has 0 aliphatic carbocycles. The van der Waals surface area contributed by atoms with Crippen LogP contribution in [0, 0.1) is 0 Å². The van der Waals surface area contributed by atoms with Gasteiger partial charge in [-0.3, -0.25) is 0 Å². The van der Waals surface area contributed by atoms with Crippen molar-refractivity contribution >= 4 is 0 Å². The molecule has 0 atom stereocenters. The Hall–Kier alpha value is -0.0800. The summed E-state index contributed by atoms with van der Waals surface area (Å²) in [4.78, 5) is 0. The Kier molecular flexibility index (Phi) is 27.5. The van der Waals surface area contributed by atoms with E-state index in [1.165, 1.54) is 96.3 Å². The van der Waals surface area contributed by atoms with Gasteiger partial charge in [-0.1, -0.05) is 97.3 Å². The third kappa shape index (κ3) is 28.7. The molecule has 0 fully saturated rings. The molecule has 0 spiro atoms. The highest BCUT2D eigenvalue weighted by atomic mass is 14.5. The third-order valence-electron chi connectivity index (χ3n) is 3.87. The highest BCUT2D eigenvalue weighted by molar-refractivity contribution is 4.46. The van der Waals surface area contributed by atoms with E-state index in [2.05, 4.69) is 13.8 Å². The molecule has 0 rings (SSSR count). The molecule has 0 aliphatic heterocycles. The molecule has 0 aromatic rings. The van der Waals surface area contributed by atoms with Crippen molar-refractivity contribution in [1.29, 1.82) is 0 Å². The Labute approximate surface area is 135 Å². The minimum absolute atomic E-state index is 0.869. The summed E-state index contributed by atoms with van der Waals surface area (Å²) in [6.45, 7) is 6.25. The standard InChI is InChI=1S/C10H23N.C9H21N/c1-2-3-4-5-6-7-8-9-10-11;1-2-3-4-5-6-7-8-9-10/h2-11H2,1H3;2-10H2,1H3. The topological polar surface area (TPSA) is 52.0 Å². The molecule has 0 amide bonds. The average molecular weight is 301 g/mol. The number of unbranched alkanes of at least 4 members (excludes halogenated alkanes) is 13. The second kappa shape index (κ2) is 24.9. The van der Waals surface area contributed by atoms with Crippen LogP contribution in [-0.4, -0.2) is 13.1 Å². The van der Waals surface area contributed by atoms with Crippen LogP contribution in [0.15, 0.2) is 0 Å². The summed E-state index contributed by atoms with van der Waals surface area (Å²) in [5.41, 5.74) is 10.8. The largest absolute Gasteiger partial charge is 0.330 e. The Morgan fingerprint density at radius 1 is 0.381 bits per heavy atom. The van der Waals surface area contributed by atoms with Gasteiger partial charge in [-0.15, -0.1) is 0 Å². The van der Waals surface area contributed by atoms with Gasteiger partial charge < -0.3 is 11.5 Å². The fraction of sp³-hybridized carbons (Fsp3) is 1.00. The monoisotopic (exact) mass is 300 g/mol. The second-order valence-corrected chi connectivity index (χ2v) is 6.17. The zero-order valence-electron chi connectivity index (χ0n) is 15.2. The molecular weight excluding hydrogens is 256 g/mol. The van der Waals surface area contributed by atoms with E-state index in [0.29, 0.717) is 0 Å². The lowest BCUT2D eigenvalue weighted by molar-refractivity contribution is 0.578. The summed E-state index contributed by atoms with van der Waals surface area (Å²) in [5, 5.41) is 0. The Balaban J connectivity index is 0. The van der Waals surface area contributed by atoms with E-state index in [1.807, 2.05) is 0 Å². The van der Waals surface area contributed by atoms with Gasteiger partial charge in [0.1, 0.15) is 0 Å². The third-order valence-corrected chi connectivity index (χ3v) is 3.87. The Bertz CT molecular complexity index is 133. The zero-order valence-corrected chi connectivity index (χ0v) is 15.2. The van der Waals surface area contributed by atoms with Crippen molar-refractivity contribution in [1.82, 2.24) is 0 Å². The molecule has 130 valence electrons. The summed E-state index contributed by atoms with van der Waals surface area (Å²) in [6.07, 6.45) is 20.5. The van der Waals surface area contributed by atoms with Gasteiger partial charge in [0.15, 0.2) is 0 Å². The molecule has 0 radical (unpaired) electrons. The van der Waals surface area contributed by atoms with Crippen molar-refractivity contribution < 1.29 is 0 Å². The van der Waals surface area contributed by atoms with E-state index in [0.717, 1.165) is 13.1 Å². The predicted octanol–water partition coefficient (Wildman–Crippen LogP) is 5.78. The second-order valence-electron chi connectivity index (χ2n) is 6.17. The van der Waals surface area contributed by atoms with Gasteiger partial charge >= 0.3 is 0 Å². The van der Waals surface area contributed by atoms with Crippen LogP contribution in [0.3, 0.4) is 0 Å². The van der Waals surface area contributed by atoms with Crippen molar-refractivity contribution in [2.24, 2.45) is 11.5 Å². The van der Waals surface area contributed by atoms with Crippen LogP contribution in [0.4, 0.5) is 0 Å². The van der Waals surface area contributed by atoms with Gasteiger partial charge in [0.2, 0.25) is 0 Å². The van der Waals surface area contributed by atoms with E-state index >= 15 is 0 Å². The minimum Gasteiger partial charge on any atom is -0.330 e. The first kappa shape index (κ1) is 23.2. The average Bonchev–Trinajstić information content (AvgIpc) is 2.51. The lowest BCUT2D eigenvalue weighted by Crippen LogP contribution is -1.97. The number of rotatable bonds is 15. The molecular formula is C19H44N2. The van der Waals surface area contributed by atoms with Crippen LogP contribution in [-0.2, 0) is 0 Å². The minimum atomic E-state index is 0.869. The van der Waals surface area contributed by atoms with Crippen molar-refractivity contribution in [3.8, 4) is 0 Å². The van der Waals surface area contributed by atoms with Gasteiger partial charge in [0.25, 0.3) is 0 Å². The summed E-state index contributed by atoms with van der Waals surface area (Å²) in [5.74, 6) is 0. The van der Waals surface area contributed by atoms with Crippen LogP contribution < -0.4 is 11.5 Å². The summed E-state index contributed by atoms with van der Waals surface area (Å²) < 4.78 is 0. The molecule has 2 nitrogen and oxygen atoms in total. The van der Waals surface area contributed by atoms with E-state index < -0.39 is 0 Å². The van der Waals surface area contributed by atoms with E-state index in [9.17, 15) is 0 Å². The molecule has 0 saturated carbocycles. The maximum absolute atomic E-state index is 5.39. The van der Waals surface area contributed by atoms with E-state index in [1.54, 1.807) is 0 Å². The highest BCUT2D eigenvalue weighted by Crippen LogP contribution is 2.07. The van der Waals surface area contributed by atoms with Crippen LogP contribution in [0.25, 0.3) is 0 Å². The molecule has 21 heavy (non-hydrogen) atoms. The Morgan fingerprint density at radius 2 is 0.619 bits per heavy atom. The molecule has 0 unspecified atom stereocenters. The first-order chi connectivity index (χ1) is 10.3. The zero-order chi connectivity index (χ0) is 16.0. The molecule has 2 heteroatoms. The molecule has 0 aliphatic rings. The van der Waals surface area contributed by atoms with E-state index in [4.69, 9.17) is 11.5 Å². The molecule has 0 bridgehead atoms. The van der Waals surface area contributed by atoms with Gasteiger partial charge in [-0.2, -0.15) is 0 Å². The molecule has 0 aromatic heterocycles. The first-order valence-corrected chi connectivity index (χ1v) is 9.73. The number of hydrogen-bond acceptors (Lipinski definition) is 2. The van der Waals surface area contributed by atoms with Gasteiger partial charge in [-0.05, 0) is 25.9 Å². The lowest BCUT2D eigenvalue weighted by atomic mass is 10.1. The van der Waals surface area contributed by atoms with Crippen molar-refractivity contribution in [2.75, 3.05) is 13.1 Å². The van der Waals surface area contributed by atoms with E-state index in [-0.39, 0.29) is 0 Å². The maximum Gasteiger partial charge on any atom is -0.00773 e. The van der Waals surface area contributed by atoms with Crippen LogP contribution in [0.2, 0.25) is 0 Å². The molecule has 0 aromatic carbocycles. The molecule has 0 heterocycles. The Morgan fingerprint density at radius 3 is 0.857 bits per heavy atom. The molecule has 4 N–H and O–H groups in total. The highest BCUT2D eigenvalue weighted by Gasteiger charge is 1.89. The van der Waals surface area contributed by atoms with Crippen LogP contribution >= 0.6 is 0 Å². The molecule has 0 saturated heterocycles. The van der Waals surface area contributed by atoms with Gasteiger partial charge in [0, 0.05) is 0 Å².